The van der Waals surface area contributed by atoms with Gasteiger partial charge < -0.3 is 10.2 Å². The summed E-state index contributed by atoms with van der Waals surface area (Å²) in [6.45, 7) is 4.68. The van der Waals surface area contributed by atoms with E-state index in [1.807, 2.05) is 21.0 Å². The first-order valence-electron chi connectivity index (χ1n) is 6.60. The Morgan fingerprint density at radius 2 is 1.83 bits per heavy atom. The van der Waals surface area contributed by atoms with Crippen LogP contribution in [0.5, 0.6) is 0 Å². The number of carbonyl (C=O) groups excluding carboxylic acids is 1. The highest BCUT2D eigenvalue weighted by atomic mass is 16.1. The molecule has 1 amide bonds. The minimum absolute atomic E-state index is 0.104. The molecule has 1 aromatic carbocycles. The third kappa shape index (κ3) is 4.15. The number of carbonyl (C=O) groups is 1. The quantitative estimate of drug-likeness (QED) is 0.838. The number of likely N-dealkylation sites (N-methyl/N-ethyl adjacent to an activating group) is 1. The number of aryl methyl sites for hydroxylation is 1. The minimum Gasteiger partial charge on any atom is -0.354 e. The lowest BCUT2D eigenvalue weighted by Crippen LogP contribution is -2.34. The molecule has 3 nitrogen and oxygen atoms in total. The van der Waals surface area contributed by atoms with E-state index in [9.17, 15) is 4.79 Å². The first-order chi connectivity index (χ1) is 8.58. The van der Waals surface area contributed by atoms with Crippen LogP contribution in [0.3, 0.4) is 0 Å². The van der Waals surface area contributed by atoms with Crippen LogP contribution < -0.4 is 5.32 Å². The maximum Gasteiger partial charge on any atom is 0.219 e. The lowest BCUT2D eigenvalue weighted by atomic mass is 10.0. The minimum atomic E-state index is 0.104. The van der Waals surface area contributed by atoms with Crippen LogP contribution in [0.2, 0.25) is 0 Å². The SMILES string of the molecule is CCC(=O)NCC(c1ccc(CC)cc1)N(C)C. The lowest BCUT2D eigenvalue weighted by molar-refractivity contribution is -0.121. The molecule has 0 aliphatic rings. The predicted octanol–water partition coefficient (Wildman–Crippen LogP) is 2.38. The fraction of sp³-hybridized carbons (Fsp3) is 0.533. The number of nitrogens with one attached hydrogen (secondary N) is 1. The summed E-state index contributed by atoms with van der Waals surface area (Å²) in [4.78, 5) is 13.5. The van der Waals surface area contributed by atoms with E-state index in [4.69, 9.17) is 0 Å². The second-order valence-corrected chi connectivity index (χ2v) is 4.73. The fourth-order valence-electron chi connectivity index (χ4n) is 1.91. The molecule has 0 bridgehead atoms. The Hall–Kier alpha value is -1.35. The molecule has 100 valence electrons. The maximum absolute atomic E-state index is 11.3. The van der Waals surface area contributed by atoms with Crippen molar-refractivity contribution in [1.82, 2.24) is 10.2 Å². The molecule has 1 aromatic rings. The first kappa shape index (κ1) is 14.7. The Balaban J connectivity index is 2.74. The van der Waals surface area contributed by atoms with Gasteiger partial charge >= 0.3 is 0 Å². The monoisotopic (exact) mass is 248 g/mol. The van der Waals surface area contributed by atoms with Crippen molar-refractivity contribution in [3.05, 3.63) is 35.4 Å². The van der Waals surface area contributed by atoms with Crippen LogP contribution in [0.4, 0.5) is 0 Å². The topological polar surface area (TPSA) is 32.3 Å². The van der Waals surface area contributed by atoms with Gasteiger partial charge in [0.1, 0.15) is 0 Å². The highest BCUT2D eigenvalue weighted by molar-refractivity contribution is 5.75. The van der Waals surface area contributed by atoms with Gasteiger partial charge in [0.05, 0.1) is 6.04 Å². The molecule has 1 unspecified atom stereocenters. The molecule has 3 heteroatoms. The molecule has 1 N–H and O–H groups in total. The third-order valence-electron chi connectivity index (χ3n) is 3.21. The highest BCUT2D eigenvalue weighted by Crippen LogP contribution is 2.18. The van der Waals surface area contributed by atoms with E-state index in [0.717, 1.165) is 6.42 Å². The van der Waals surface area contributed by atoms with E-state index in [2.05, 4.69) is 41.4 Å². The summed E-state index contributed by atoms with van der Waals surface area (Å²) in [5.74, 6) is 0.104. The molecule has 0 spiro atoms. The zero-order valence-corrected chi connectivity index (χ0v) is 11.9. The zero-order chi connectivity index (χ0) is 13.5. The van der Waals surface area contributed by atoms with Gasteiger partial charge in [-0.25, -0.2) is 0 Å². The van der Waals surface area contributed by atoms with Crippen LogP contribution in [0.1, 0.15) is 37.4 Å². The van der Waals surface area contributed by atoms with Crippen molar-refractivity contribution in [2.75, 3.05) is 20.6 Å². The number of hydrogen-bond donors (Lipinski definition) is 1. The largest absolute Gasteiger partial charge is 0.354 e. The van der Waals surface area contributed by atoms with E-state index in [1.54, 1.807) is 0 Å². The van der Waals surface area contributed by atoms with E-state index in [-0.39, 0.29) is 11.9 Å². The molecule has 0 aliphatic carbocycles. The maximum atomic E-state index is 11.3. The van der Waals surface area contributed by atoms with Crippen LogP contribution in [0.25, 0.3) is 0 Å². The highest BCUT2D eigenvalue weighted by Gasteiger charge is 2.14. The number of nitrogens with zero attached hydrogens (tertiary/aromatic N) is 1. The molecular weight excluding hydrogens is 224 g/mol. The van der Waals surface area contributed by atoms with Gasteiger partial charge in [-0.2, -0.15) is 0 Å². The summed E-state index contributed by atoms with van der Waals surface area (Å²) in [5, 5.41) is 2.96. The summed E-state index contributed by atoms with van der Waals surface area (Å²) in [7, 11) is 4.08. The fourth-order valence-corrected chi connectivity index (χ4v) is 1.91. The molecule has 0 saturated heterocycles. The van der Waals surface area contributed by atoms with Crippen molar-refractivity contribution < 1.29 is 4.79 Å². The van der Waals surface area contributed by atoms with E-state index in [0.29, 0.717) is 13.0 Å². The number of hydrogen-bond acceptors (Lipinski definition) is 2. The van der Waals surface area contributed by atoms with Gasteiger partial charge in [-0.05, 0) is 31.6 Å². The molecule has 1 atom stereocenters. The Morgan fingerprint density at radius 1 is 1.22 bits per heavy atom. The Morgan fingerprint density at radius 3 is 2.28 bits per heavy atom. The predicted molar refractivity (Wildman–Crippen MR) is 75.5 cm³/mol. The molecular formula is C15H24N2O. The molecule has 0 radical (unpaired) electrons. The van der Waals surface area contributed by atoms with Gasteiger partial charge in [-0.3, -0.25) is 4.79 Å². The smallest absolute Gasteiger partial charge is 0.219 e. The third-order valence-corrected chi connectivity index (χ3v) is 3.21. The van der Waals surface area contributed by atoms with Crippen LogP contribution in [0.15, 0.2) is 24.3 Å². The second-order valence-electron chi connectivity index (χ2n) is 4.73. The molecule has 0 fully saturated rings. The standard InChI is InChI=1S/C15H24N2O/c1-5-12-7-9-13(10-8-12)14(17(3)4)11-16-15(18)6-2/h7-10,14H,5-6,11H2,1-4H3,(H,16,18). The summed E-state index contributed by atoms with van der Waals surface area (Å²) in [5.41, 5.74) is 2.59. The molecule has 0 aromatic heterocycles. The van der Waals surface area contributed by atoms with Gasteiger partial charge in [0.15, 0.2) is 0 Å². The van der Waals surface area contributed by atoms with Crippen LogP contribution in [-0.4, -0.2) is 31.4 Å². The Kier molecular flexibility index (Phi) is 5.86. The zero-order valence-electron chi connectivity index (χ0n) is 11.9. The van der Waals surface area contributed by atoms with Crippen molar-refractivity contribution in [3.63, 3.8) is 0 Å². The van der Waals surface area contributed by atoms with Gasteiger partial charge in [-0.1, -0.05) is 38.1 Å². The van der Waals surface area contributed by atoms with Crippen molar-refractivity contribution in [2.45, 2.75) is 32.7 Å². The normalized spacial score (nSPS) is 12.5. The van der Waals surface area contributed by atoms with Gasteiger partial charge in [0.25, 0.3) is 0 Å². The van der Waals surface area contributed by atoms with Crippen LogP contribution in [-0.2, 0) is 11.2 Å². The van der Waals surface area contributed by atoms with Crippen molar-refractivity contribution in [3.8, 4) is 0 Å². The molecule has 0 heterocycles. The first-order valence-corrected chi connectivity index (χ1v) is 6.60. The second kappa shape index (κ2) is 7.17. The molecule has 0 aliphatic heterocycles. The van der Waals surface area contributed by atoms with Crippen molar-refractivity contribution in [1.29, 1.82) is 0 Å². The summed E-state index contributed by atoms with van der Waals surface area (Å²) < 4.78 is 0. The summed E-state index contributed by atoms with van der Waals surface area (Å²) in [6.07, 6.45) is 1.59. The van der Waals surface area contributed by atoms with E-state index < -0.39 is 0 Å². The van der Waals surface area contributed by atoms with Gasteiger partial charge in [0.2, 0.25) is 5.91 Å². The number of rotatable bonds is 6. The van der Waals surface area contributed by atoms with Crippen molar-refractivity contribution >= 4 is 5.91 Å². The van der Waals surface area contributed by atoms with E-state index >= 15 is 0 Å². The molecule has 0 saturated carbocycles. The number of benzene rings is 1. The molecule has 18 heavy (non-hydrogen) atoms. The van der Waals surface area contributed by atoms with Crippen LogP contribution >= 0.6 is 0 Å². The average molecular weight is 248 g/mol. The molecule has 1 rings (SSSR count). The summed E-state index contributed by atoms with van der Waals surface area (Å²) >= 11 is 0. The van der Waals surface area contributed by atoms with Crippen molar-refractivity contribution in [2.24, 2.45) is 0 Å². The van der Waals surface area contributed by atoms with Gasteiger partial charge in [-0.15, -0.1) is 0 Å². The number of amides is 1. The van der Waals surface area contributed by atoms with Gasteiger partial charge in [0, 0.05) is 13.0 Å². The lowest BCUT2D eigenvalue weighted by Gasteiger charge is -2.25. The average Bonchev–Trinajstić information content (AvgIpc) is 2.39. The van der Waals surface area contributed by atoms with Crippen LogP contribution in [0, 0.1) is 0 Å². The van der Waals surface area contributed by atoms with E-state index in [1.165, 1.54) is 11.1 Å². The Labute approximate surface area is 110 Å². The Bertz CT molecular complexity index is 371. The summed E-state index contributed by atoms with van der Waals surface area (Å²) in [6, 6.07) is 8.86.